The number of nitrogens with two attached hydrogens (primary N) is 1. The van der Waals surface area contributed by atoms with Gasteiger partial charge in [-0.05, 0) is 17.5 Å². The van der Waals surface area contributed by atoms with E-state index in [2.05, 4.69) is 28.8 Å². The molecule has 0 aromatic heterocycles. The SMILES string of the molecule is COc1cc(S(=O)(=O)CCOS(=O)(=O)O)c(OC)cc1N=Nc1c(S(=O)(=O)[O-])cc2cc(S(=O)(=O)O)c(N=Nc3cc(OC)c(S(=O)(=O)CCOS(=O)(=O)O)cc3OC)c([O-])c2c1N.[Na+].[Na+]. The average molecular weight is 1070 g/mol. The van der Waals surface area contributed by atoms with Crippen molar-refractivity contribution in [3.63, 3.8) is 0 Å². The molecule has 4 rings (SSSR count). The number of benzene rings is 4. The maximum atomic E-state index is 14.0. The van der Waals surface area contributed by atoms with E-state index in [1.165, 1.54) is 0 Å². The van der Waals surface area contributed by atoms with E-state index in [9.17, 15) is 64.7 Å². The van der Waals surface area contributed by atoms with Crippen molar-refractivity contribution >= 4 is 99.9 Å². The summed E-state index contributed by atoms with van der Waals surface area (Å²) in [6, 6.07) is 4.38. The van der Waals surface area contributed by atoms with E-state index in [1.807, 2.05) is 0 Å². The molecule has 5 N–H and O–H groups in total. The molecule has 0 bridgehead atoms. The zero-order valence-corrected chi connectivity index (χ0v) is 43.5. The fourth-order valence-corrected chi connectivity index (χ4v) is 9.98. The van der Waals surface area contributed by atoms with Crippen LogP contribution in [-0.4, -0.2) is 122 Å². The first kappa shape index (κ1) is 58.7. The summed E-state index contributed by atoms with van der Waals surface area (Å²) in [5, 5.41) is 27.5. The molecule has 4 aromatic carbocycles. The Hall–Kier alpha value is -3.40. The number of rotatable bonds is 20. The number of methoxy groups -OCH3 is 4. The first-order valence-electron chi connectivity index (χ1n) is 16.5. The molecule has 0 spiro atoms. The number of hydrogen-bond donors (Lipinski definition) is 4. The van der Waals surface area contributed by atoms with E-state index in [-0.39, 0.29) is 59.1 Å². The Kier molecular flexibility index (Phi) is 19.9. The van der Waals surface area contributed by atoms with Gasteiger partial charge < -0.3 is 34.3 Å². The molecule has 0 aliphatic heterocycles. The molecule has 36 heteroatoms. The normalized spacial score (nSPS) is 12.8. The van der Waals surface area contributed by atoms with Crippen LogP contribution in [0.15, 0.2) is 76.4 Å². The van der Waals surface area contributed by atoms with Gasteiger partial charge in [0, 0.05) is 29.7 Å². The third-order valence-electron chi connectivity index (χ3n) is 8.13. The van der Waals surface area contributed by atoms with Gasteiger partial charge in [0.1, 0.15) is 64.9 Å². The van der Waals surface area contributed by atoms with Gasteiger partial charge in [-0.1, -0.05) is 5.75 Å². The van der Waals surface area contributed by atoms with Crippen LogP contribution in [0.3, 0.4) is 0 Å². The predicted octanol–water partition coefficient (Wildman–Crippen LogP) is -4.29. The largest absolute Gasteiger partial charge is 1.00 e. The number of azo groups is 2. The molecule has 0 saturated carbocycles. The molecular weight excluding hydrogens is 1040 g/mol. The minimum atomic E-state index is -5.64. The Morgan fingerprint density at radius 3 is 1.27 bits per heavy atom. The third-order valence-corrected chi connectivity index (χ3v) is 14.2. The fraction of sp³-hybridized carbons (Fsp3) is 0.267. The van der Waals surface area contributed by atoms with Crippen molar-refractivity contribution in [3.05, 3.63) is 36.4 Å². The van der Waals surface area contributed by atoms with Crippen LogP contribution in [0.4, 0.5) is 28.4 Å². The van der Waals surface area contributed by atoms with E-state index in [0.717, 1.165) is 52.7 Å². The second kappa shape index (κ2) is 22.4. The molecule has 0 atom stereocenters. The zero-order valence-electron chi connectivity index (χ0n) is 34.6. The standard InChI is InChI=1S/C30H33N5O23S6.2Na/c1-53-18-13-22(59(37,38)7-5-57-63(47,48)49)20(55-3)11-16(18)32-34-28-24(61(41,42)43)9-15-10-25(62(44,45)46)29(30(36)26(15)27(28)31)35-33-17-12-21(56-4)23(14-19(17)54-2)60(39,40)8-6-58-64(50,51)52;;/h9-14,36H,5-8,31H2,1-4H3,(H,41,42,43)(H,44,45,46)(H,47,48,49)(H,50,51,52);;/q;2*+1/p-2. The van der Waals surface area contributed by atoms with Gasteiger partial charge in [-0.2, -0.15) is 25.3 Å². The van der Waals surface area contributed by atoms with Crippen molar-refractivity contribution in [2.24, 2.45) is 20.5 Å². The number of hydrogen-bond acceptors (Lipinski definition) is 25. The van der Waals surface area contributed by atoms with Crippen LogP contribution < -0.4 is 88.9 Å². The van der Waals surface area contributed by atoms with E-state index in [0.29, 0.717) is 12.1 Å². The first-order chi connectivity index (χ1) is 29.4. The van der Waals surface area contributed by atoms with Gasteiger partial charge in [0.25, 0.3) is 10.1 Å². The van der Waals surface area contributed by atoms with Crippen LogP contribution in [-0.2, 0) is 69.1 Å². The molecule has 352 valence electrons. The molecule has 66 heavy (non-hydrogen) atoms. The van der Waals surface area contributed by atoms with Gasteiger partial charge in [0.15, 0.2) is 19.7 Å². The van der Waals surface area contributed by atoms with Crippen LogP contribution in [0, 0.1) is 0 Å². The predicted molar refractivity (Wildman–Crippen MR) is 212 cm³/mol. The number of anilines is 1. The maximum absolute atomic E-state index is 14.0. The van der Waals surface area contributed by atoms with Crippen LogP contribution in [0.25, 0.3) is 10.8 Å². The van der Waals surface area contributed by atoms with Crippen LogP contribution >= 0.6 is 0 Å². The van der Waals surface area contributed by atoms with Crippen molar-refractivity contribution in [3.8, 4) is 28.7 Å². The summed E-state index contributed by atoms with van der Waals surface area (Å²) < 4.78 is 214. The summed E-state index contributed by atoms with van der Waals surface area (Å²) in [7, 11) is -26.0. The van der Waals surface area contributed by atoms with Crippen molar-refractivity contribution < 1.29 is 160 Å². The van der Waals surface area contributed by atoms with Gasteiger partial charge in [-0.3, -0.25) is 13.7 Å². The monoisotopic (exact) mass is 1070 g/mol. The van der Waals surface area contributed by atoms with Gasteiger partial charge in [-0.25, -0.2) is 33.6 Å². The van der Waals surface area contributed by atoms with Crippen LogP contribution in [0.1, 0.15) is 0 Å². The number of sulfone groups is 2. The van der Waals surface area contributed by atoms with Gasteiger partial charge in [0.2, 0.25) is 0 Å². The van der Waals surface area contributed by atoms with Crippen LogP contribution in [0.2, 0.25) is 0 Å². The maximum Gasteiger partial charge on any atom is 1.00 e. The number of nitrogens with zero attached hydrogens (tertiary/aromatic N) is 4. The summed E-state index contributed by atoms with van der Waals surface area (Å²) >= 11 is 0. The quantitative estimate of drug-likeness (QED) is 0.0281. The fourth-order valence-electron chi connectivity index (χ4n) is 5.36. The number of ether oxygens (including phenoxy) is 4. The second-order valence-corrected chi connectivity index (χ2v) is 21.2. The number of nitrogen functional groups attached to an aromatic ring is 1. The van der Waals surface area contributed by atoms with E-state index >= 15 is 0 Å². The van der Waals surface area contributed by atoms with Gasteiger partial charge in [-0.15, -0.1) is 20.5 Å². The summed E-state index contributed by atoms with van der Waals surface area (Å²) in [5.74, 6) is -5.33. The minimum Gasteiger partial charge on any atom is -0.870 e. The molecule has 0 fully saturated rings. The summed E-state index contributed by atoms with van der Waals surface area (Å²) in [5.41, 5.74) is 2.12. The van der Waals surface area contributed by atoms with Crippen molar-refractivity contribution in [2.45, 2.75) is 19.6 Å². The van der Waals surface area contributed by atoms with Crippen molar-refractivity contribution in [2.75, 3.05) is 58.9 Å². The smallest absolute Gasteiger partial charge is 0.870 e. The topological polar surface area (TPSA) is 442 Å². The molecule has 0 aliphatic carbocycles. The molecule has 0 radical (unpaired) electrons. The average Bonchev–Trinajstić information content (AvgIpc) is 3.17. The minimum absolute atomic E-state index is 0. The third kappa shape index (κ3) is 14.3. The summed E-state index contributed by atoms with van der Waals surface area (Å²) in [6.45, 7) is -2.05. The molecule has 28 nitrogen and oxygen atoms in total. The molecule has 0 unspecified atom stereocenters. The Balaban J connectivity index is 0.00000748. The molecule has 4 aromatic rings. The zero-order chi connectivity index (χ0) is 48.4. The Labute approximate surface area is 420 Å². The van der Waals surface area contributed by atoms with Crippen LogP contribution in [0.5, 0.6) is 28.7 Å². The van der Waals surface area contributed by atoms with Crippen molar-refractivity contribution in [1.82, 2.24) is 0 Å². The Morgan fingerprint density at radius 1 is 0.545 bits per heavy atom. The molecule has 0 amide bonds. The Bertz CT molecular complexity index is 3070. The summed E-state index contributed by atoms with van der Waals surface area (Å²) in [4.78, 5) is -3.85. The molecular formula is C30H31N5Na2O23S6. The van der Waals surface area contributed by atoms with E-state index in [1.54, 1.807) is 0 Å². The van der Waals surface area contributed by atoms with Crippen molar-refractivity contribution in [1.29, 1.82) is 0 Å². The molecule has 0 aliphatic rings. The summed E-state index contributed by atoms with van der Waals surface area (Å²) in [6.07, 6.45) is 0. The first-order valence-corrected chi connectivity index (χ1v) is 25.4. The van der Waals surface area contributed by atoms with E-state index < -0.39 is 173 Å². The molecule has 0 heterocycles. The second-order valence-electron chi connectivity index (χ2n) is 12.1. The van der Waals surface area contributed by atoms with Gasteiger partial charge >= 0.3 is 79.9 Å². The number of fused-ring (bicyclic) bond motifs is 1. The molecule has 0 saturated heterocycles. The van der Waals surface area contributed by atoms with E-state index in [4.69, 9.17) is 33.8 Å². The van der Waals surface area contributed by atoms with Gasteiger partial charge in [0.05, 0.1) is 69.4 Å². The Morgan fingerprint density at radius 2 is 0.924 bits per heavy atom.